The van der Waals surface area contributed by atoms with E-state index in [0.29, 0.717) is 11.4 Å². The molecule has 110 valence electrons. The van der Waals surface area contributed by atoms with Gasteiger partial charge in [0.1, 0.15) is 5.75 Å². The first-order valence-electron chi connectivity index (χ1n) is 6.42. The van der Waals surface area contributed by atoms with Gasteiger partial charge in [0.05, 0.1) is 12.8 Å². The summed E-state index contributed by atoms with van der Waals surface area (Å²) in [5.41, 5.74) is 1.95. The average Bonchev–Trinajstić information content (AvgIpc) is 3.05. The molecule has 0 aliphatic rings. The molecule has 0 radical (unpaired) electrons. The predicted octanol–water partition coefficient (Wildman–Crippen LogP) is 2.72. The number of hydrogen-bond donors (Lipinski definition) is 0. The minimum atomic E-state index is -0.499. The van der Waals surface area contributed by atoms with Crippen molar-refractivity contribution in [2.75, 3.05) is 7.11 Å². The van der Waals surface area contributed by atoms with Crippen molar-refractivity contribution in [2.45, 2.75) is 0 Å². The van der Waals surface area contributed by atoms with E-state index < -0.39 is 5.24 Å². The van der Waals surface area contributed by atoms with Crippen LogP contribution in [0.4, 0.5) is 0 Å². The second-order valence-electron chi connectivity index (χ2n) is 4.45. The van der Waals surface area contributed by atoms with Crippen LogP contribution in [0.1, 0.15) is 10.4 Å². The molecule has 2 aromatic carbocycles. The maximum absolute atomic E-state index is 11.0. The number of carbonyl (C=O) groups excluding carboxylic acids is 1. The highest BCUT2D eigenvalue weighted by Crippen LogP contribution is 2.18. The van der Waals surface area contributed by atoms with Gasteiger partial charge in [-0.3, -0.25) is 4.79 Å². The van der Waals surface area contributed by atoms with Crippen LogP contribution in [-0.2, 0) is 0 Å². The van der Waals surface area contributed by atoms with Gasteiger partial charge < -0.3 is 4.74 Å². The van der Waals surface area contributed by atoms with E-state index in [0.717, 1.165) is 17.0 Å². The zero-order chi connectivity index (χ0) is 15.5. The number of carbonyl (C=O) groups is 1. The summed E-state index contributed by atoms with van der Waals surface area (Å²) in [6.07, 6.45) is 0. The highest BCUT2D eigenvalue weighted by molar-refractivity contribution is 6.67. The molecule has 7 heteroatoms. The predicted molar refractivity (Wildman–Crippen MR) is 81.3 cm³/mol. The van der Waals surface area contributed by atoms with E-state index in [4.69, 9.17) is 16.3 Å². The fraction of sp³-hybridized carbons (Fsp3) is 0.0667. The lowest BCUT2D eigenvalue weighted by atomic mass is 10.1. The van der Waals surface area contributed by atoms with E-state index in [-0.39, 0.29) is 0 Å². The summed E-state index contributed by atoms with van der Waals surface area (Å²) in [6, 6.07) is 14.0. The molecule has 1 heterocycles. The van der Waals surface area contributed by atoms with Crippen molar-refractivity contribution in [2.24, 2.45) is 0 Å². The second-order valence-corrected chi connectivity index (χ2v) is 4.79. The third kappa shape index (κ3) is 2.82. The molecule has 22 heavy (non-hydrogen) atoms. The molecule has 0 N–H and O–H groups in total. The molecule has 1 aromatic heterocycles. The quantitative estimate of drug-likeness (QED) is 0.692. The molecule has 0 fully saturated rings. The Balaban J connectivity index is 1.87. The summed E-state index contributed by atoms with van der Waals surface area (Å²) in [6.45, 7) is 0. The van der Waals surface area contributed by atoms with Crippen LogP contribution < -0.4 is 4.74 Å². The second kappa shape index (κ2) is 5.95. The highest BCUT2D eigenvalue weighted by Gasteiger charge is 2.09. The summed E-state index contributed by atoms with van der Waals surface area (Å²) in [4.78, 5) is 12.5. The van der Waals surface area contributed by atoms with Gasteiger partial charge in [-0.1, -0.05) is 12.1 Å². The summed E-state index contributed by atoms with van der Waals surface area (Å²) >= 11 is 5.41. The van der Waals surface area contributed by atoms with Gasteiger partial charge in [-0.2, -0.15) is 0 Å². The van der Waals surface area contributed by atoms with Gasteiger partial charge in [-0.15, -0.1) is 15.0 Å². The minimum absolute atomic E-state index is 0.424. The number of halogens is 1. The Kier molecular flexibility index (Phi) is 3.84. The maximum atomic E-state index is 11.0. The Hall–Kier alpha value is -2.73. The molecule has 0 spiro atoms. The van der Waals surface area contributed by atoms with Crippen molar-refractivity contribution in [3.8, 4) is 22.8 Å². The molecular weight excluding hydrogens is 304 g/mol. The maximum Gasteiger partial charge on any atom is 0.252 e. The Morgan fingerprint density at radius 3 is 2.36 bits per heavy atom. The first-order valence-corrected chi connectivity index (χ1v) is 6.80. The van der Waals surface area contributed by atoms with Crippen molar-refractivity contribution in [1.82, 2.24) is 20.2 Å². The van der Waals surface area contributed by atoms with Crippen molar-refractivity contribution >= 4 is 16.8 Å². The lowest BCUT2D eigenvalue weighted by molar-refractivity contribution is 0.108. The number of ether oxygens (including phenoxy) is 1. The van der Waals surface area contributed by atoms with Gasteiger partial charge in [-0.25, -0.2) is 0 Å². The van der Waals surface area contributed by atoms with Crippen LogP contribution in [0.2, 0.25) is 0 Å². The van der Waals surface area contributed by atoms with Crippen LogP contribution in [0.5, 0.6) is 5.75 Å². The van der Waals surface area contributed by atoms with E-state index in [1.165, 1.54) is 4.80 Å². The molecule has 0 atom stereocenters. The molecule has 0 saturated heterocycles. The zero-order valence-electron chi connectivity index (χ0n) is 11.6. The number of benzene rings is 2. The van der Waals surface area contributed by atoms with Crippen molar-refractivity contribution in [3.63, 3.8) is 0 Å². The number of tetrazole rings is 1. The number of nitrogens with zero attached hydrogens (tertiary/aromatic N) is 4. The van der Waals surface area contributed by atoms with Crippen LogP contribution in [0.3, 0.4) is 0 Å². The van der Waals surface area contributed by atoms with E-state index in [9.17, 15) is 4.79 Å². The van der Waals surface area contributed by atoms with Gasteiger partial charge >= 0.3 is 0 Å². The van der Waals surface area contributed by atoms with Crippen LogP contribution in [0, 0.1) is 0 Å². The fourth-order valence-electron chi connectivity index (χ4n) is 1.91. The van der Waals surface area contributed by atoms with Gasteiger partial charge in [0, 0.05) is 11.1 Å². The Labute approximate surface area is 131 Å². The molecular formula is C15H11ClN4O2. The Morgan fingerprint density at radius 1 is 1.09 bits per heavy atom. The van der Waals surface area contributed by atoms with Crippen molar-refractivity contribution < 1.29 is 9.53 Å². The van der Waals surface area contributed by atoms with Crippen molar-refractivity contribution in [3.05, 3.63) is 54.1 Å². The molecule has 3 aromatic rings. The third-order valence-corrected chi connectivity index (χ3v) is 3.31. The van der Waals surface area contributed by atoms with Gasteiger partial charge in [0.25, 0.3) is 5.24 Å². The van der Waals surface area contributed by atoms with Crippen LogP contribution in [0.15, 0.2) is 48.5 Å². The third-order valence-electron chi connectivity index (χ3n) is 3.09. The highest BCUT2D eigenvalue weighted by atomic mass is 35.5. The fourth-order valence-corrected chi connectivity index (χ4v) is 2.03. The largest absolute Gasteiger partial charge is 0.497 e. The van der Waals surface area contributed by atoms with Gasteiger partial charge in [0.15, 0.2) is 0 Å². The SMILES string of the molecule is COc1ccc(-n2nnc(-c3ccc(C(=O)Cl)cc3)n2)cc1. The smallest absolute Gasteiger partial charge is 0.252 e. The first kappa shape index (κ1) is 14.2. The van der Waals surface area contributed by atoms with Crippen LogP contribution in [-0.4, -0.2) is 32.6 Å². The van der Waals surface area contributed by atoms with Crippen molar-refractivity contribution in [1.29, 1.82) is 0 Å². The lowest BCUT2D eigenvalue weighted by Crippen LogP contribution is -1.98. The summed E-state index contributed by atoms with van der Waals surface area (Å²) in [7, 11) is 1.61. The Bertz CT molecular complexity index is 797. The molecule has 0 bridgehead atoms. The molecule has 0 unspecified atom stereocenters. The molecule has 6 nitrogen and oxygen atoms in total. The first-order chi connectivity index (χ1) is 10.7. The summed E-state index contributed by atoms with van der Waals surface area (Å²) in [5, 5.41) is 11.8. The minimum Gasteiger partial charge on any atom is -0.497 e. The molecule has 0 aliphatic heterocycles. The van der Waals surface area contributed by atoms with Gasteiger partial charge in [0.2, 0.25) is 5.82 Å². The molecule has 0 saturated carbocycles. The monoisotopic (exact) mass is 314 g/mol. The lowest BCUT2D eigenvalue weighted by Gasteiger charge is -2.01. The zero-order valence-corrected chi connectivity index (χ0v) is 12.4. The molecule has 3 rings (SSSR count). The number of methoxy groups -OCH3 is 1. The molecule has 0 aliphatic carbocycles. The number of hydrogen-bond acceptors (Lipinski definition) is 5. The topological polar surface area (TPSA) is 69.9 Å². The van der Waals surface area contributed by atoms with E-state index >= 15 is 0 Å². The van der Waals surface area contributed by atoms with Crippen LogP contribution >= 0.6 is 11.6 Å². The van der Waals surface area contributed by atoms with Crippen LogP contribution in [0.25, 0.3) is 17.1 Å². The van der Waals surface area contributed by atoms with E-state index in [1.807, 2.05) is 24.3 Å². The van der Waals surface area contributed by atoms with Gasteiger partial charge in [-0.05, 0) is 53.2 Å². The van der Waals surface area contributed by atoms with E-state index in [2.05, 4.69) is 15.4 Å². The number of aromatic nitrogens is 4. The normalized spacial score (nSPS) is 10.5. The average molecular weight is 315 g/mol. The summed E-state index contributed by atoms with van der Waals surface area (Å²) in [5.74, 6) is 1.22. The Morgan fingerprint density at radius 2 is 1.77 bits per heavy atom. The van der Waals surface area contributed by atoms with E-state index in [1.54, 1.807) is 31.4 Å². The summed E-state index contributed by atoms with van der Waals surface area (Å²) < 4.78 is 5.11. The standard InChI is InChI=1S/C15H11ClN4O2/c1-22-13-8-6-12(7-9-13)20-18-15(17-19-20)11-4-2-10(3-5-11)14(16)21/h2-9H,1H3. The number of rotatable bonds is 4. The molecule has 0 amide bonds.